The summed E-state index contributed by atoms with van der Waals surface area (Å²) in [6.07, 6.45) is 11.2. The summed E-state index contributed by atoms with van der Waals surface area (Å²) in [4.78, 5) is 0. The van der Waals surface area contributed by atoms with Gasteiger partial charge in [0.15, 0.2) is 0 Å². The zero-order valence-electron chi connectivity index (χ0n) is 20.0. The molecule has 0 amide bonds. The maximum atomic E-state index is 6.33. The molecule has 0 radical (unpaired) electrons. The molecule has 0 spiro atoms. The lowest BCUT2D eigenvalue weighted by atomic mass is 9.55. The first kappa shape index (κ1) is 21.8. The van der Waals surface area contributed by atoms with Crippen LogP contribution >= 0.6 is 0 Å². The summed E-state index contributed by atoms with van der Waals surface area (Å²) in [6, 6.07) is 15.4. The molecular formula is C30H38O2. The number of methoxy groups -OCH3 is 1. The van der Waals surface area contributed by atoms with Crippen LogP contribution in [0, 0.1) is 17.3 Å². The summed E-state index contributed by atoms with van der Waals surface area (Å²) < 4.78 is 11.7. The number of hydrogen-bond acceptors (Lipinski definition) is 2. The van der Waals surface area contributed by atoms with Crippen molar-refractivity contribution in [1.82, 2.24) is 0 Å². The molecule has 2 heteroatoms. The summed E-state index contributed by atoms with van der Waals surface area (Å²) >= 11 is 0. The highest BCUT2D eigenvalue weighted by Gasteiger charge is 2.52. The van der Waals surface area contributed by atoms with Gasteiger partial charge in [0.2, 0.25) is 0 Å². The van der Waals surface area contributed by atoms with Crippen molar-refractivity contribution in [3.8, 4) is 5.75 Å². The first-order valence-electron chi connectivity index (χ1n) is 12.6. The number of hydrogen-bond donors (Lipinski definition) is 0. The first-order chi connectivity index (χ1) is 15.6. The Hall–Kier alpha value is -2.06. The Morgan fingerprint density at radius 2 is 1.91 bits per heavy atom. The molecule has 2 aromatic rings. The molecule has 3 aliphatic carbocycles. The molecule has 1 unspecified atom stereocenters. The van der Waals surface area contributed by atoms with Crippen LogP contribution in [-0.2, 0) is 24.2 Å². The molecule has 0 saturated heterocycles. The lowest BCUT2D eigenvalue weighted by Gasteiger charge is -2.49. The Balaban J connectivity index is 1.39. The molecule has 2 saturated carbocycles. The number of aryl methyl sites for hydroxylation is 2. The van der Waals surface area contributed by atoms with Crippen LogP contribution in [0.25, 0.3) is 0 Å². The summed E-state index contributed by atoms with van der Waals surface area (Å²) in [5.74, 6) is 3.49. The van der Waals surface area contributed by atoms with Gasteiger partial charge in [-0.25, -0.2) is 0 Å². The molecule has 0 N–H and O–H groups in total. The molecule has 32 heavy (non-hydrogen) atoms. The minimum Gasteiger partial charge on any atom is -0.489 e. The van der Waals surface area contributed by atoms with E-state index < -0.39 is 0 Å². The fourth-order valence-electron chi connectivity index (χ4n) is 7.16. The molecule has 170 valence electrons. The van der Waals surface area contributed by atoms with Crippen LogP contribution in [0.3, 0.4) is 0 Å². The van der Waals surface area contributed by atoms with E-state index in [1.807, 2.05) is 7.11 Å². The number of benzene rings is 2. The second kappa shape index (κ2) is 9.06. The number of ether oxygens (including phenoxy) is 2. The molecule has 0 bridgehead atoms. The maximum Gasteiger partial charge on any atom is 0.123 e. The summed E-state index contributed by atoms with van der Waals surface area (Å²) in [7, 11) is 1.81. The molecule has 2 aromatic carbocycles. The van der Waals surface area contributed by atoms with Crippen molar-refractivity contribution < 1.29 is 9.47 Å². The predicted octanol–water partition coefficient (Wildman–Crippen LogP) is 7.26. The smallest absolute Gasteiger partial charge is 0.123 e. The van der Waals surface area contributed by atoms with Crippen molar-refractivity contribution in [2.45, 2.75) is 71.3 Å². The molecule has 2 fully saturated rings. The topological polar surface area (TPSA) is 18.5 Å². The molecule has 4 atom stereocenters. The van der Waals surface area contributed by atoms with E-state index >= 15 is 0 Å². The summed E-state index contributed by atoms with van der Waals surface area (Å²) in [6.45, 7) is 6.23. The highest BCUT2D eigenvalue weighted by molar-refractivity contribution is 5.47. The Morgan fingerprint density at radius 1 is 1.06 bits per heavy atom. The average molecular weight is 431 g/mol. The van der Waals surface area contributed by atoms with Gasteiger partial charge in [-0.2, -0.15) is 0 Å². The highest BCUT2D eigenvalue weighted by Crippen LogP contribution is 2.63. The fourth-order valence-corrected chi connectivity index (χ4v) is 7.16. The monoisotopic (exact) mass is 430 g/mol. The molecule has 0 aliphatic heterocycles. The van der Waals surface area contributed by atoms with Gasteiger partial charge in [0.25, 0.3) is 0 Å². The van der Waals surface area contributed by atoms with Crippen molar-refractivity contribution in [3.05, 3.63) is 76.4 Å². The molecule has 3 aliphatic rings. The summed E-state index contributed by atoms with van der Waals surface area (Å²) in [5.41, 5.74) is 7.86. The molecule has 0 heterocycles. The third-order valence-corrected chi connectivity index (χ3v) is 8.87. The van der Waals surface area contributed by atoms with Gasteiger partial charge in [-0.1, -0.05) is 61.9 Å². The Kier molecular flexibility index (Phi) is 6.16. The third kappa shape index (κ3) is 3.81. The van der Waals surface area contributed by atoms with Gasteiger partial charge < -0.3 is 9.47 Å². The van der Waals surface area contributed by atoms with E-state index in [-0.39, 0.29) is 0 Å². The van der Waals surface area contributed by atoms with Crippen LogP contribution in [0.1, 0.15) is 74.1 Å². The lowest BCUT2D eigenvalue weighted by molar-refractivity contribution is 0.0807. The van der Waals surface area contributed by atoms with Crippen LogP contribution in [0.2, 0.25) is 0 Å². The van der Waals surface area contributed by atoms with Crippen LogP contribution in [-0.4, -0.2) is 13.7 Å². The van der Waals surface area contributed by atoms with E-state index in [1.54, 1.807) is 16.7 Å². The third-order valence-electron chi connectivity index (χ3n) is 8.87. The van der Waals surface area contributed by atoms with E-state index in [2.05, 4.69) is 62.4 Å². The molecule has 0 aromatic heterocycles. The van der Waals surface area contributed by atoms with E-state index in [9.17, 15) is 0 Å². The fraction of sp³-hybridized carbons (Fsp3) is 0.533. The largest absolute Gasteiger partial charge is 0.489 e. The Morgan fingerprint density at radius 3 is 2.69 bits per heavy atom. The van der Waals surface area contributed by atoms with Crippen LogP contribution < -0.4 is 4.74 Å². The zero-order chi connectivity index (χ0) is 22.1. The highest BCUT2D eigenvalue weighted by atomic mass is 16.5. The SMILES string of the molecule is CCc1cc2c(cc1OCc1ccccc1)CC[C@@H]1C2CC[C@]2(C)/C(=C/COC)CC[C@@H]12. The Bertz CT molecular complexity index is 976. The van der Waals surface area contributed by atoms with Gasteiger partial charge in [0, 0.05) is 7.11 Å². The normalized spacial score (nSPS) is 30.0. The van der Waals surface area contributed by atoms with Gasteiger partial charge in [-0.3, -0.25) is 0 Å². The standard InChI is InChI=1S/C30H38O2/c1-4-22-18-27-23(19-29(22)32-20-21-8-6-5-7-9-21)10-12-26-25(27)14-16-30(2)24(15-17-31-3)11-13-28(26)30/h5-9,15,18-19,25-26,28H,4,10-14,16-17,20H2,1-3H3/b24-15+/t25?,26-,28+,30-/m1/s1. The van der Waals surface area contributed by atoms with E-state index in [4.69, 9.17) is 9.47 Å². The second-order valence-electron chi connectivity index (χ2n) is 10.4. The zero-order valence-corrected chi connectivity index (χ0v) is 20.0. The quantitative estimate of drug-likeness (QED) is 0.449. The van der Waals surface area contributed by atoms with Crippen molar-refractivity contribution in [2.75, 3.05) is 13.7 Å². The van der Waals surface area contributed by atoms with Gasteiger partial charge in [0.05, 0.1) is 6.61 Å². The molecule has 5 rings (SSSR count). The minimum atomic E-state index is 0.392. The average Bonchev–Trinajstić information content (AvgIpc) is 3.17. The number of fused-ring (bicyclic) bond motifs is 5. The molecular weight excluding hydrogens is 392 g/mol. The molecule has 2 nitrogen and oxygen atoms in total. The van der Waals surface area contributed by atoms with Crippen LogP contribution in [0.15, 0.2) is 54.1 Å². The van der Waals surface area contributed by atoms with E-state index in [0.717, 1.165) is 36.5 Å². The van der Waals surface area contributed by atoms with Crippen molar-refractivity contribution >= 4 is 0 Å². The van der Waals surface area contributed by atoms with Crippen molar-refractivity contribution in [3.63, 3.8) is 0 Å². The lowest BCUT2D eigenvalue weighted by Crippen LogP contribution is -2.40. The van der Waals surface area contributed by atoms with Gasteiger partial charge in [-0.15, -0.1) is 0 Å². The van der Waals surface area contributed by atoms with Crippen LogP contribution in [0.5, 0.6) is 5.75 Å². The van der Waals surface area contributed by atoms with Crippen molar-refractivity contribution in [1.29, 1.82) is 0 Å². The van der Waals surface area contributed by atoms with Gasteiger partial charge in [-0.05, 0) is 96.4 Å². The van der Waals surface area contributed by atoms with Crippen molar-refractivity contribution in [2.24, 2.45) is 17.3 Å². The predicted molar refractivity (Wildman–Crippen MR) is 131 cm³/mol. The van der Waals surface area contributed by atoms with Gasteiger partial charge >= 0.3 is 0 Å². The van der Waals surface area contributed by atoms with Gasteiger partial charge in [0.1, 0.15) is 12.4 Å². The Labute approximate surface area is 194 Å². The van der Waals surface area contributed by atoms with Crippen LogP contribution in [0.4, 0.5) is 0 Å². The van der Waals surface area contributed by atoms with E-state index in [1.165, 1.54) is 49.7 Å². The first-order valence-corrected chi connectivity index (χ1v) is 12.6. The second-order valence-corrected chi connectivity index (χ2v) is 10.4. The number of allylic oxidation sites excluding steroid dienone is 1. The minimum absolute atomic E-state index is 0.392. The maximum absolute atomic E-state index is 6.33. The van der Waals surface area contributed by atoms with E-state index in [0.29, 0.717) is 12.0 Å². The summed E-state index contributed by atoms with van der Waals surface area (Å²) in [5, 5.41) is 0. The number of rotatable bonds is 6.